The van der Waals surface area contributed by atoms with E-state index in [-0.39, 0.29) is 11.3 Å². The Morgan fingerprint density at radius 1 is 0.957 bits per heavy atom. The van der Waals surface area contributed by atoms with Gasteiger partial charge >= 0.3 is 6.18 Å². The minimum absolute atomic E-state index is 0.257. The Balaban J connectivity index is 2.16. The van der Waals surface area contributed by atoms with Gasteiger partial charge in [0.2, 0.25) is 0 Å². The van der Waals surface area contributed by atoms with E-state index in [1.807, 2.05) is 0 Å². The zero-order valence-corrected chi connectivity index (χ0v) is 13.0. The molecule has 0 spiro atoms. The molecule has 0 bridgehead atoms. The first-order valence-electron chi connectivity index (χ1n) is 6.68. The second-order valence-corrected chi connectivity index (χ2v) is 7.36. The summed E-state index contributed by atoms with van der Waals surface area (Å²) < 4.78 is 75.0. The highest BCUT2D eigenvalue weighted by Crippen LogP contribution is 2.29. The second kappa shape index (κ2) is 6.31. The van der Waals surface area contributed by atoms with Crippen LogP contribution in [0.4, 0.5) is 17.6 Å². The Morgan fingerprint density at radius 3 is 2.13 bits per heavy atom. The molecule has 0 heterocycles. The maximum atomic E-state index is 13.2. The number of halogens is 4. The van der Waals surface area contributed by atoms with E-state index in [0.717, 1.165) is 30.3 Å². The van der Waals surface area contributed by atoms with Gasteiger partial charge < -0.3 is 0 Å². The summed E-state index contributed by atoms with van der Waals surface area (Å²) in [5.74, 6) is -1.30. The molecule has 0 aliphatic heterocycles. The predicted molar refractivity (Wildman–Crippen MR) is 78.9 cm³/mol. The third kappa shape index (κ3) is 4.79. The van der Waals surface area contributed by atoms with Crippen LogP contribution in [0.1, 0.15) is 22.3 Å². The highest BCUT2D eigenvalue weighted by molar-refractivity contribution is 7.89. The van der Waals surface area contributed by atoms with Crippen LogP contribution in [0.15, 0.2) is 42.5 Å². The normalized spacial score (nSPS) is 12.4. The number of hydrogen-bond acceptors (Lipinski definition) is 2. The summed E-state index contributed by atoms with van der Waals surface area (Å²) in [5.41, 5.74) is 0.408. The van der Waals surface area contributed by atoms with Crippen molar-refractivity contribution in [2.24, 2.45) is 0 Å². The van der Waals surface area contributed by atoms with Crippen molar-refractivity contribution in [2.75, 3.05) is 0 Å². The van der Waals surface area contributed by atoms with E-state index in [2.05, 4.69) is 0 Å². The average molecular weight is 346 g/mol. The lowest BCUT2D eigenvalue weighted by Gasteiger charge is -2.09. The number of aryl methyl sites for hydroxylation is 1. The Hall–Kier alpha value is -1.89. The Labute approximate surface area is 131 Å². The van der Waals surface area contributed by atoms with Gasteiger partial charge in [-0.15, -0.1) is 0 Å². The van der Waals surface area contributed by atoms with E-state index in [1.54, 1.807) is 6.92 Å². The maximum Gasteiger partial charge on any atom is 0.416 e. The van der Waals surface area contributed by atoms with Gasteiger partial charge in [0.15, 0.2) is 9.84 Å². The fraction of sp³-hybridized carbons (Fsp3) is 0.250. The van der Waals surface area contributed by atoms with Gasteiger partial charge in [-0.3, -0.25) is 0 Å². The van der Waals surface area contributed by atoms with Crippen molar-refractivity contribution in [2.45, 2.75) is 24.6 Å². The van der Waals surface area contributed by atoms with Crippen molar-refractivity contribution in [3.05, 3.63) is 70.5 Å². The molecule has 2 nitrogen and oxygen atoms in total. The lowest BCUT2D eigenvalue weighted by molar-refractivity contribution is -0.137. The standard InChI is InChI=1S/C16H14F4O2S/c1-11-2-7-15(17)8-13(11)10-23(21,22)9-12-3-5-14(6-4-12)16(18,19)20/h2-8H,9-10H2,1H3. The Morgan fingerprint density at radius 2 is 1.57 bits per heavy atom. The lowest BCUT2D eigenvalue weighted by Crippen LogP contribution is -2.10. The van der Waals surface area contributed by atoms with E-state index in [1.165, 1.54) is 12.1 Å². The van der Waals surface area contributed by atoms with Crippen LogP contribution in [-0.4, -0.2) is 8.42 Å². The van der Waals surface area contributed by atoms with Gasteiger partial charge in [0.05, 0.1) is 17.1 Å². The van der Waals surface area contributed by atoms with Gasteiger partial charge in [-0.1, -0.05) is 18.2 Å². The van der Waals surface area contributed by atoms with Gasteiger partial charge in [0.25, 0.3) is 0 Å². The summed E-state index contributed by atoms with van der Waals surface area (Å²) >= 11 is 0. The molecular formula is C16H14F4O2S. The van der Waals surface area contributed by atoms with E-state index >= 15 is 0 Å². The quantitative estimate of drug-likeness (QED) is 0.775. The molecule has 2 rings (SSSR count). The number of benzene rings is 2. The number of alkyl halides is 3. The largest absolute Gasteiger partial charge is 0.416 e. The fourth-order valence-corrected chi connectivity index (χ4v) is 3.71. The number of sulfone groups is 1. The van der Waals surface area contributed by atoms with Gasteiger partial charge in [-0.25, -0.2) is 12.8 Å². The van der Waals surface area contributed by atoms with Crippen LogP contribution in [0.5, 0.6) is 0 Å². The first-order chi connectivity index (χ1) is 10.6. The Bertz CT molecular complexity index is 794. The SMILES string of the molecule is Cc1ccc(F)cc1CS(=O)(=O)Cc1ccc(C(F)(F)F)cc1. The highest BCUT2D eigenvalue weighted by atomic mass is 32.2. The summed E-state index contributed by atoms with van der Waals surface area (Å²) in [7, 11) is -3.62. The molecule has 0 amide bonds. The van der Waals surface area contributed by atoms with Crippen LogP contribution in [0.25, 0.3) is 0 Å². The van der Waals surface area contributed by atoms with Crippen molar-refractivity contribution in [1.29, 1.82) is 0 Å². The van der Waals surface area contributed by atoms with E-state index < -0.39 is 33.1 Å². The minimum atomic E-state index is -4.46. The molecule has 124 valence electrons. The van der Waals surface area contributed by atoms with Crippen LogP contribution >= 0.6 is 0 Å². The van der Waals surface area contributed by atoms with E-state index in [4.69, 9.17) is 0 Å². The predicted octanol–water partition coefficient (Wildman–Crippen LogP) is 4.27. The van der Waals surface area contributed by atoms with Crippen molar-refractivity contribution in [3.8, 4) is 0 Å². The summed E-state index contributed by atoms with van der Waals surface area (Å²) in [6, 6.07) is 7.84. The van der Waals surface area contributed by atoms with Crippen LogP contribution in [0, 0.1) is 12.7 Å². The monoisotopic (exact) mass is 346 g/mol. The molecule has 7 heteroatoms. The molecule has 0 radical (unpaired) electrons. The molecule has 0 aromatic heterocycles. The molecule has 2 aromatic rings. The topological polar surface area (TPSA) is 34.1 Å². The first kappa shape index (κ1) is 17.5. The molecule has 0 atom stereocenters. The molecule has 0 saturated carbocycles. The third-order valence-corrected chi connectivity index (χ3v) is 4.88. The highest BCUT2D eigenvalue weighted by Gasteiger charge is 2.30. The molecule has 0 aliphatic carbocycles. The molecular weight excluding hydrogens is 332 g/mol. The van der Waals surface area contributed by atoms with Gasteiger partial charge in [0.1, 0.15) is 5.82 Å². The van der Waals surface area contributed by atoms with Gasteiger partial charge in [-0.2, -0.15) is 13.2 Å². The summed E-state index contributed by atoms with van der Waals surface area (Å²) in [5, 5.41) is 0. The van der Waals surface area contributed by atoms with Crippen molar-refractivity contribution in [1.82, 2.24) is 0 Å². The zero-order chi connectivity index (χ0) is 17.3. The van der Waals surface area contributed by atoms with Crippen LogP contribution in [-0.2, 0) is 27.5 Å². The van der Waals surface area contributed by atoms with Crippen LogP contribution in [0.3, 0.4) is 0 Å². The zero-order valence-electron chi connectivity index (χ0n) is 12.2. The minimum Gasteiger partial charge on any atom is -0.228 e. The van der Waals surface area contributed by atoms with E-state index in [9.17, 15) is 26.0 Å². The van der Waals surface area contributed by atoms with Crippen molar-refractivity contribution in [3.63, 3.8) is 0 Å². The molecule has 2 aromatic carbocycles. The second-order valence-electron chi connectivity index (χ2n) is 5.30. The number of hydrogen-bond donors (Lipinski definition) is 0. The molecule has 0 saturated heterocycles. The van der Waals surface area contributed by atoms with Gasteiger partial charge in [-0.05, 0) is 47.9 Å². The van der Waals surface area contributed by atoms with Crippen LogP contribution in [0.2, 0.25) is 0 Å². The first-order valence-corrected chi connectivity index (χ1v) is 8.50. The smallest absolute Gasteiger partial charge is 0.228 e. The summed E-state index contributed by atoms with van der Waals surface area (Å²) in [4.78, 5) is 0. The third-order valence-electron chi connectivity index (χ3n) is 3.35. The maximum absolute atomic E-state index is 13.2. The molecule has 0 fully saturated rings. The summed E-state index contributed by atoms with van der Waals surface area (Å²) in [6.45, 7) is 1.67. The number of rotatable bonds is 4. The fourth-order valence-electron chi connectivity index (χ4n) is 2.13. The van der Waals surface area contributed by atoms with E-state index in [0.29, 0.717) is 11.1 Å². The van der Waals surface area contributed by atoms with Crippen molar-refractivity contribution >= 4 is 9.84 Å². The van der Waals surface area contributed by atoms with Gasteiger partial charge in [0, 0.05) is 0 Å². The molecule has 0 aliphatic rings. The average Bonchev–Trinajstić information content (AvgIpc) is 2.41. The molecule has 0 unspecified atom stereocenters. The van der Waals surface area contributed by atoms with Crippen molar-refractivity contribution < 1.29 is 26.0 Å². The molecule has 0 N–H and O–H groups in total. The Kier molecular flexibility index (Phi) is 4.79. The lowest BCUT2D eigenvalue weighted by atomic mass is 10.1. The summed E-state index contributed by atoms with van der Waals surface area (Å²) in [6.07, 6.45) is -4.46. The molecule has 23 heavy (non-hydrogen) atoms. The van der Waals surface area contributed by atoms with Crippen LogP contribution < -0.4 is 0 Å².